The van der Waals surface area contributed by atoms with Crippen LogP contribution in [-0.2, 0) is 0 Å². The molecule has 2 heterocycles. The maximum atomic E-state index is 4.62. The average Bonchev–Trinajstić information content (AvgIpc) is 3.00. The van der Waals surface area contributed by atoms with Gasteiger partial charge in [0.2, 0.25) is 0 Å². The first-order valence-electron chi connectivity index (χ1n) is 8.77. The molecule has 0 aromatic rings. The number of hydrogen-bond acceptors (Lipinski definition) is 3. The molecule has 0 saturated carbocycles. The quantitative estimate of drug-likeness (QED) is 0.718. The zero-order valence-electron chi connectivity index (χ0n) is 13.6. The van der Waals surface area contributed by atoms with Crippen molar-refractivity contribution in [2.45, 2.75) is 52.4 Å². The molecule has 118 valence electrons. The van der Waals surface area contributed by atoms with E-state index in [2.05, 4.69) is 36.3 Å². The number of piperidine rings is 1. The van der Waals surface area contributed by atoms with Crippen molar-refractivity contribution in [2.24, 2.45) is 11.3 Å². The first-order valence-corrected chi connectivity index (χ1v) is 9.40. The van der Waals surface area contributed by atoms with Crippen LogP contribution < -0.4 is 0 Å². The van der Waals surface area contributed by atoms with Crippen molar-refractivity contribution in [2.75, 3.05) is 45.0 Å². The van der Waals surface area contributed by atoms with E-state index in [1.807, 2.05) is 0 Å². The Hall–Kier alpha value is 0.270. The first kappa shape index (κ1) is 16.6. The molecule has 0 unspecified atom stereocenters. The van der Waals surface area contributed by atoms with Gasteiger partial charge in [-0.3, -0.25) is 0 Å². The van der Waals surface area contributed by atoms with Gasteiger partial charge in [0.15, 0.2) is 0 Å². The van der Waals surface area contributed by atoms with E-state index in [-0.39, 0.29) is 0 Å². The van der Waals surface area contributed by atoms with E-state index in [4.69, 9.17) is 0 Å². The summed E-state index contributed by atoms with van der Waals surface area (Å²) in [6, 6.07) is 0. The Bertz CT molecular complexity index is 256. The third kappa shape index (κ3) is 4.38. The van der Waals surface area contributed by atoms with Gasteiger partial charge in [-0.05, 0) is 81.8 Å². The molecule has 2 nitrogen and oxygen atoms in total. The molecule has 0 bridgehead atoms. The summed E-state index contributed by atoms with van der Waals surface area (Å²) < 4.78 is 0. The summed E-state index contributed by atoms with van der Waals surface area (Å²) in [6.07, 6.45) is 8.20. The van der Waals surface area contributed by atoms with Crippen LogP contribution in [0.25, 0.3) is 0 Å². The highest BCUT2D eigenvalue weighted by Crippen LogP contribution is 2.31. The van der Waals surface area contributed by atoms with Gasteiger partial charge in [-0.15, -0.1) is 0 Å². The summed E-state index contributed by atoms with van der Waals surface area (Å²) in [5.74, 6) is 1.99. The van der Waals surface area contributed by atoms with Crippen LogP contribution in [0.2, 0.25) is 0 Å². The third-order valence-electron chi connectivity index (χ3n) is 5.82. The molecule has 3 heteroatoms. The van der Waals surface area contributed by atoms with Crippen LogP contribution in [0, 0.1) is 11.3 Å². The van der Waals surface area contributed by atoms with E-state index in [1.165, 1.54) is 77.8 Å². The molecule has 2 fully saturated rings. The second kappa shape index (κ2) is 8.05. The number of rotatable bonds is 7. The highest BCUT2D eigenvalue weighted by molar-refractivity contribution is 7.80. The van der Waals surface area contributed by atoms with Gasteiger partial charge in [0.05, 0.1) is 0 Å². The minimum Gasteiger partial charge on any atom is -0.303 e. The maximum Gasteiger partial charge on any atom is 0.00456 e. The van der Waals surface area contributed by atoms with Gasteiger partial charge in [0.1, 0.15) is 0 Å². The van der Waals surface area contributed by atoms with E-state index < -0.39 is 0 Å². The third-order valence-corrected chi connectivity index (χ3v) is 6.49. The van der Waals surface area contributed by atoms with Crippen molar-refractivity contribution < 1.29 is 0 Å². The van der Waals surface area contributed by atoms with Crippen LogP contribution in [-0.4, -0.2) is 54.8 Å². The monoisotopic (exact) mass is 298 g/mol. The van der Waals surface area contributed by atoms with Crippen LogP contribution in [0.3, 0.4) is 0 Å². The predicted octanol–water partition coefficient (Wildman–Crippen LogP) is 3.53. The van der Waals surface area contributed by atoms with E-state index in [0.29, 0.717) is 5.41 Å². The van der Waals surface area contributed by atoms with Crippen LogP contribution in [0.5, 0.6) is 0 Å². The number of thiol groups is 1. The van der Waals surface area contributed by atoms with Crippen molar-refractivity contribution in [3.63, 3.8) is 0 Å². The lowest BCUT2D eigenvalue weighted by molar-refractivity contribution is 0.104. The Morgan fingerprint density at radius 1 is 0.950 bits per heavy atom. The van der Waals surface area contributed by atoms with Crippen LogP contribution in [0.1, 0.15) is 52.4 Å². The van der Waals surface area contributed by atoms with Crippen LogP contribution >= 0.6 is 12.6 Å². The van der Waals surface area contributed by atoms with Gasteiger partial charge in [0.25, 0.3) is 0 Å². The summed E-state index contributed by atoms with van der Waals surface area (Å²) in [7, 11) is 0. The van der Waals surface area contributed by atoms with Crippen molar-refractivity contribution in [3.05, 3.63) is 0 Å². The summed E-state index contributed by atoms with van der Waals surface area (Å²) in [5, 5.41) is 0. The topological polar surface area (TPSA) is 6.48 Å². The fraction of sp³-hybridized carbons (Fsp3) is 1.00. The second-order valence-corrected chi connectivity index (χ2v) is 7.41. The van der Waals surface area contributed by atoms with Gasteiger partial charge in [-0.25, -0.2) is 0 Å². The highest BCUT2D eigenvalue weighted by atomic mass is 32.1. The van der Waals surface area contributed by atoms with Crippen molar-refractivity contribution in [3.8, 4) is 0 Å². The van der Waals surface area contributed by atoms with Crippen molar-refractivity contribution in [1.82, 2.24) is 9.80 Å². The standard InChI is InChI=1S/C17H34N2S/c1-3-17(4-2,15-20)14-19-11-7-16(8-12-19)13-18-9-5-6-10-18/h16,20H,3-15H2,1-2H3. The molecule has 0 amide bonds. The summed E-state index contributed by atoms with van der Waals surface area (Å²) in [6.45, 7) is 12.6. The zero-order valence-corrected chi connectivity index (χ0v) is 14.5. The molecule has 0 aliphatic carbocycles. The minimum atomic E-state index is 0.449. The lowest BCUT2D eigenvalue weighted by atomic mass is 9.83. The average molecular weight is 299 g/mol. The fourth-order valence-corrected chi connectivity index (χ4v) is 4.43. The summed E-state index contributed by atoms with van der Waals surface area (Å²) in [5.41, 5.74) is 0.449. The number of hydrogen-bond donors (Lipinski definition) is 1. The molecule has 2 aliphatic heterocycles. The molecule has 0 spiro atoms. The van der Waals surface area contributed by atoms with Crippen molar-refractivity contribution in [1.29, 1.82) is 0 Å². The Morgan fingerprint density at radius 2 is 1.55 bits per heavy atom. The van der Waals surface area contributed by atoms with Gasteiger partial charge in [-0.2, -0.15) is 12.6 Å². The van der Waals surface area contributed by atoms with E-state index >= 15 is 0 Å². The molecule has 2 aliphatic rings. The molecule has 0 radical (unpaired) electrons. The lowest BCUT2D eigenvalue weighted by Gasteiger charge is -2.40. The molecule has 20 heavy (non-hydrogen) atoms. The normalized spacial score (nSPS) is 23.6. The molecular formula is C17H34N2S. The Morgan fingerprint density at radius 3 is 2.05 bits per heavy atom. The Kier molecular flexibility index (Phi) is 6.70. The molecule has 0 aromatic carbocycles. The molecule has 0 atom stereocenters. The Labute approximate surface area is 131 Å². The van der Waals surface area contributed by atoms with E-state index in [9.17, 15) is 0 Å². The van der Waals surface area contributed by atoms with Gasteiger partial charge in [-0.1, -0.05) is 13.8 Å². The fourth-order valence-electron chi connectivity index (χ4n) is 3.88. The lowest BCUT2D eigenvalue weighted by Crippen LogP contribution is -2.44. The zero-order chi connectivity index (χ0) is 14.4. The first-order chi connectivity index (χ1) is 9.71. The number of nitrogens with zero attached hydrogens (tertiary/aromatic N) is 2. The van der Waals surface area contributed by atoms with Crippen LogP contribution in [0.15, 0.2) is 0 Å². The molecule has 2 saturated heterocycles. The minimum absolute atomic E-state index is 0.449. The largest absolute Gasteiger partial charge is 0.303 e. The van der Waals surface area contributed by atoms with E-state index in [1.54, 1.807) is 0 Å². The molecular weight excluding hydrogens is 264 g/mol. The molecule has 2 rings (SSSR count). The summed E-state index contributed by atoms with van der Waals surface area (Å²) >= 11 is 4.62. The number of likely N-dealkylation sites (tertiary alicyclic amines) is 2. The highest BCUT2D eigenvalue weighted by Gasteiger charge is 2.30. The smallest absolute Gasteiger partial charge is 0.00456 e. The second-order valence-electron chi connectivity index (χ2n) is 7.09. The predicted molar refractivity (Wildman–Crippen MR) is 91.7 cm³/mol. The Balaban J connectivity index is 1.73. The maximum absolute atomic E-state index is 4.62. The van der Waals surface area contributed by atoms with Gasteiger partial charge in [0, 0.05) is 13.1 Å². The SMILES string of the molecule is CCC(CC)(CS)CN1CCC(CN2CCCC2)CC1. The van der Waals surface area contributed by atoms with E-state index in [0.717, 1.165) is 11.7 Å². The van der Waals surface area contributed by atoms with Gasteiger partial charge >= 0.3 is 0 Å². The van der Waals surface area contributed by atoms with Gasteiger partial charge < -0.3 is 9.80 Å². The van der Waals surface area contributed by atoms with Crippen LogP contribution in [0.4, 0.5) is 0 Å². The summed E-state index contributed by atoms with van der Waals surface area (Å²) in [4.78, 5) is 5.40. The molecule has 0 N–H and O–H groups in total. The van der Waals surface area contributed by atoms with Crippen molar-refractivity contribution >= 4 is 12.6 Å². The molecule has 0 aromatic heterocycles.